The van der Waals surface area contributed by atoms with Gasteiger partial charge in [-0.1, -0.05) is 18.6 Å². The summed E-state index contributed by atoms with van der Waals surface area (Å²) in [7, 11) is 0. The van der Waals surface area contributed by atoms with Crippen molar-refractivity contribution < 1.29 is 14.3 Å². The van der Waals surface area contributed by atoms with Gasteiger partial charge in [0.25, 0.3) is 0 Å². The van der Waals surface area contributed by atoms with Crippen LogP contribution in [0.15, 0.2) is 30.9 Å². The first-order chi connectivity index (χ1) is 9.26. The molecule has 0 saturated heterocycles. The van der Waals surface area contributed by atoms with Gasteiger partial charge in [0.15, 0.2) is 11.5 Å². The van der Waals surface area contributed by atoms with Gasteiger partial charge in [0.2, 0.25) is 6.79 Å². The summed E-state index contributed by atoms with van der Waals surface area (Å²) < 4.78 is 10.8. The van der Waals surface area contributed by atoms with Crippen molar-refractivity contribution in [2.24, 2.45) is 0 Å². The van der Waals surface area contributed by atoms with Crippen molar-refractivity contribution >= 4 is 5.78 Å². The van der Waals surface area contributed by atoms with E-state index in [4.69, 9.17) is 9.47 Å². The molecule has 0 spiro atoms. The molecule has 100 valence electrons. The molecule has 0 aromatic heterocycles. The van der Waals surface area contributed by atoms with Crippen molar-refractivity contribution in [3.63, 3.8) is 0 Å². The van der Waals surface area contributed by atoms with E-state index in [1.807, 2.05) is 24.3 Å². The molecule has 1 atom stereocenters. The number of allylic oxidation sites excluding steroid dienone is 1. The van der Waals surface area contributed by atoms with Gasteiger partial charge in [-0.15, -0.1) is 6.58 Å². The number of hydrogen-bond donors (Lipinski definition) is 0. The molecule has 1 fully saturated rings. The predicted molar refractivity (Wildman–Crippen MR) is 72.5 cm³/mol. The number of ketones is 1. The molecule has 19 heavy (non-hydrogen) atoms. The first kappa shape index (κ1) is 12.3. The molecular formula is C16H18O3. The summed E-state index contributed by atoms with van der Waals surface area (Å²) in [6, 6.07) is 5.87. The molecular weight excluding hydrogens is 240 g/mol. The van der Waals surface area contributed by atoms with Crippen LogP contribution in [-0.2, 0) is 10.2 Å². The first-order valence-corrected chi connectivity index (χ1v) is 6.80. The lowest BCUT2D eigenvalue weighted by Gasteiger charge is -2.35. The van der Waals surface area contributed by atoms with E-state index in [0.717, 1.165) is 36.3 Å². The molecule has 0 N–H and O–H groups in total. The Kier molecular flexibility index (Phi) is 3.05. The van der Waals surface area contributed by atoms with Crippen LogP contribution < -0.4 is 9.47 Å². The molecule has 0 radical (unpaired) electrons. The Morgan fingerprint density at radius 1 is 1.26 bits per heavy atom. The molecule has 1 heterocycles. The average molecular weight is 258 g/mol. The maximum absolute atomic E-state index is 12.5. The number of fused-ring (bicyclic) bond motifs is 1. The van der Waals surface area contributed by atoms with Gasteiger partial charge in [0, 0.05) is 6.42 Å². The first-order valence-electron chi connectivity index (χ1n) is 6.80. The van der Waals surface area contributed by atoms with Gasteiger partial charge in [-0.2, -0.15) is 0 Å². The maximum Gasteiger partial charge on any atom is 0.231 e. The Bertz CT molecular complexity index is 521. The fourth-order valence-corrected chi connectivity index (χ4v) is 3.17. The molecule has 3 nitrogen and oxygen atoms in total. The van der Waals surface area contributed by atoms with E-state index in [1.54, 1.807) is 0 Å². The summed E-state index contributed by atoms with van der Waals surface area (Å²) in [6.07, 6.45) is 6.22. The summed E-state index contributed by atoms with van der Waals surface area (Å²) >= 11 is 0. The average Bonchev–Trinajstić information content (AvgIpc) is 2.89. The lowest BCUT2D eigenvalue weighted by atomic mass is 9.66. The summed E-state index contributed by atoms with van der Waals surface area (Å²) in [5, 5.41) is 0. The second-order valence-electron chi connectivity index (χ2n) is 5.27. The highest BCUT2D eigenvalue weighted by molar-refractivity contribution is 5.91. The van der Waals surface area contributed by atoms with Gasteiger partial charge in [-0.25, -0.2) is 0 Å². The molecule has 1 aromatic rings. The third-order valence-corrected chi connectivity index (χ3v) is 4.21. The van der Waals surface area contributed by atoms with Crippen LogP contribution in [0.5, 0.6) is 11.5 Å². The van der Waals surface area contributed by atoms with E-state index < -0.39 is 5.41 Å². The van der Waals surface area contributed by atoms with Crippen molar-refractivity contribution in [1.82, 2.24) is 0 Å². The zero-order valence-corrected chi connectivity index (χ0v) is 11.0. The molecule has 3 rings (SSSR count). The number of ether oxygens (including phenoxy) is 2. The van der Waals surface area contributed by atoms with Crippen LogP contribution >= 0.6 is 0 Å². The monoisotopic (exact) mass is 258 g/mol. The Balaban J connectivity index is 2.04. The number of Topliss-reactive ketones (excluding diaryl/α,β-unsaturated/α-hetero) is 1. The maximum atomic E-state index is 12.5. The van der Waals surface area contributed by atoms with E-state index >= 15 is 0 Å². The Morgan fingerprint density at radius 3 is 2.89 bits per heavy atom. The minimum Gasteiger partial charge on any atom is -0.454 e. The molecule has 0 bridgehead atoms. The van der Waals surface area contributed by atoms with Crippen LogP contribution in [0.2, 0.25) is 0 Å². The van der Waals surface area contributed by atoms with E-state index in [0.29, 0.717) is 18.6 Å². The van der Waals surface area contributed by atoms with Crippen molar-refractivity contribution in [1.29, 1.82) is 0 Å². The quantitative estimate of drug-likeness (QED) is 0.780. The van der Waals surface area contributed by atoms with Crippen LogP contribution in [-0.4, -0.2) is 12.6 Å². The summed E-state index contributed by atoms with van der Waals surface area (Å²) in [5.41, 5.74) is 0.641. The third-order valence-electron chi connectivity index (χ3n) is 4.21. The van der Waals surface area contributed by atoms with Crippen LogP contribution in [0, 0.1) is 0 Å². The van der Waals surface area contributed by atoms with Gasteiger partial charge in [-0.05, 0) is 37.0 Å². The lowest BCUT2D eigenvalue weighted by molar-refractivity contribution is -0.126. The van der Waals surface area contributed by atoms with E-state index in [-0.39, 0.29) is 6.79 Å². The van der Waals surface area contributed by atoms with Crippen molar-refractivity contribution in [3.8, 4) is 11.5 Å². The molecule has 1 saturated carbocycles. The van der Waals surface area contributed by atoms with Crippen molar-refractivity contribution in [2.75, 3.05) is 6.79 Å². The molecule has 1 aliphatic heterocycles. The number of benzene rings is 1. The summed E-state index contributed by atoms with van der Waals surface area (Å²) in [5.74, 6) is 1.84. The molecule has 2 aliphatic rings. The Labute approximate surface area is 113 Å². The normalized spacial score (nSPS) is 25.4. The van der Waals surface area contributed by atoms with Crippen molar-refractivity contribution in [2.45, 2.75) is 37.5 Å². The van der Waals surface area contributed by atoms with Gasteiger partial charge < -0.3 is 9.47 Å². The number of rotatable bonds is 3. The molecule has 1 aromatic carbocycles. The molecule has 1 aliphatic carbocycles. The van der Waals surface area contributed by atoms with E-state index in [1.165, 1.54) is 0 Å². The van der Waals surface area contributed by atoms with Gasteiger partial charge in [-0.3, -0.25) is 4.79 Å². The fourth-order valence-electron chi connectivity index (χ4n) is 3.17. The van der Waals surface area contributed by atoms with Gasteiger partial charge in [0.1, 0.15) is 5.78 Å². The van der Waals surface area contributed by atoms with Gasteiger partial charge in [0.05, 0.1) is 5.41 Å². The standard InChI is InChI=1S/C16H18O3/c1-2-8-16(9-4-3-5-15(16)17)12-6-7-13-14(10-12)19-11-18-13/h2,6-7,10H,1,3-5,8-9,11H2/t16-/m1/s1. The predicted octanol–water partition coefficient (Wildman–Crippen LogP) is 3.37. The highest BCUT2D eigenvalue weighted by Crippen LogP contribution is 2.43. The van der Waals surface area contributed by atoms with E-state index in [9.17, 15) is 4.79 Å². The highest BCUT2D eigenvalue weighted by Gasteiger charge is 2.40. The van der Waals surface area contributed by atoms with Crippen LogP contribution in [0.4, 0.5) is 0 Å². The smallest absolute Gasteiger partial charge is 0.231 e. The number of carbonyl (C=O) groups excluding carboxylic acids is 1. The number of carbonyl (C=O) groups is 1. The zero-order chi connectivity index (χ0) is 13.3. The minimum atomic E-state index is -0.402. The molecule has 0 amide bonds. The third kappa shape index (κ3) is 1.93. The van der Waals surface area contributed by atoms with Crippen molar-refractivity contribution in [3.05, 3.63) is 36.4 Å². The fraction of sp³-hybridized carbons (Fsp3) is 0.438. The SMILES string of the molecule is C=CC[C@]1(c2ccc3c(c2)OCO3)CCCCC1=O. The van der Waals surface area contributed by atoms with Crippen LogP contribution in [0.3, 0.4) is 0 Å². The van der Waals surface area contributed by atoms with Crippen LogP contribution in [0.1, 0.15) is 37.7 Å². The molecule has 0 unspecified atom stereocenters. The Morgan fingerprint density at radius 2 is 2.11 bits per heavy atom. The Hall–Kier alpha value is -1.77. The van der Waals surface area contributed by atoms with Gasteiger partial charge >= 0.3 is 0 Å². The lowest BCUT2D eigenvalue weighted by Crippen LogP contribution is -2.38. The second-order valence-corrected chi connectivity index (χ2v) is 5.27. The topological polar surface area (TPSA) is 35.5 Å². The minimum absolute atomic E-state index is 0.265. The second kappa shape index (κ2) is 4.72. The van der Waals surface area contributed by atoms with E-state index in [2.05, 4.69) is 6.58 Å². The van der Waals surface area contributed by atoms with Crippen LogP contribution in [0.25, 0.3) is 0 Å². The number of hydrogen-bond acceptors (Lipinski definition) is 3. The zero-order valence-electron chi connectivity index (χ0n) is 11.0. The molecule has 3 heteroatoms. The highest BCUT2D eigenvalue weighted by atomic mass is 16.7. The summed E-state index contributed by atoms with van der Waals surface area (Å²) in [6.45, 7) is 4.09. The summed E-state index contributed by atoms with van der Waals surface area (Å²) in [4.78, 5) is 12.5. The largest absolute Gasteiger partial charge is 0.454 e.